The first-order valence-corrected chi connectivity index (χ1v) is 12.4. The first kappa shape index (κ1) is 26.4. The molecule has 6 nitrogen and oxygen atoms in total. The Morgan fingerprint density at radius 3 is 2.46 bits per heavy atom. The number of rotatable bonds is 8. The Morgan fingerprint density at radius 2 is 1.74 bits per heavy atom. The van der Waals surface area contributed by atoms with Crippen LogP contribution >= 0.6 is 11.8 Å². The van der Waals surface area contributed by atoms with E-state index in [9.17, 15) is 14.4 Å². The number of nitrogens with one attached hydrogen (secondary N) is 2. The second kappa shape index (κ2) is 11.5. The highest BCUT2D eigenvalue weighted by atomic mass is 32.2. The molecule has 3 aromatic carbocycles. The Morgan fingerprint density at radius 1 is 1.06 bits per heavy atom. The van der Waals surface area contributed by atoms with Gasteiger partial charge >= 0.3 is 0 Å². The molecule has 4 rings (SSSR count). The van der Waals surface area contributed by atoms with Crippen molar-refractivity contribution in [2.75, 3.05) is 12.4 Å². The summed E-state index contributed by atoms with van der Waals surface area (Å²) in [6.07, 6.45) is -0.449. The molecule has 7 heteroatoms. The number of thioether (sulfide) groups is 1. The fraction of sp³-hybridized carbons (Fsp3) is 0.321. The number of ether oxygens (including phenoxy) is 1. The number of Topliss-reactive ketones (excluding diaryl/α,β-unsaturated/α-hetero) is 1. The monoisotopic (exact) mass is 492 g/mol. The summed E-state index contributed by atoms with van der Waals surface area (Å²) in [4.78, 5) is 39.0. The van der Waals surface area contributed by atoms with Gasteiger partial charge in [0.15, 0.2) is 5.78 Å². The van der Waals surface area contributed by atoms with E-state index in [4.69, 9.17) is 4.74 Å². The average molecular weight is 493 g/mol. The third-order valence-electron chi connectivity index (χ3n) is 6.29. The Kier molecular flexibility index (Phi) is 8.70. The molecule has 0 radical (unpaired) electrons. The van der Waals surface area contributed by atoms with E-state index in [1.54, 1.807) is 31.7 Å². The zero-order chi connectivity index (χ0) is 24.1. The molecule has 0 bridgehead atoms. The number of carbonyl (C=O) groups is 3. The quantitative estimate of drug-likeness (QED) is 0.488. The molecule has 3 aromatic rings. The maximum absolute atomic E-state index is 13.3. The first-order chi connectivity index (χ1) is 16.4. The molecule has 1 saturated heterocycles. The van der Waals surface area contributed by atoms with E-state index in [2.05, 4.69) is 10.6 Å². The van der Waals surface area contributed by atoms with E-state index in [1.165, 1.54) is 0 Å². The number of amides is 2. The van der Waals surface area contributed by atoms with Gasteiger partial charge in [0.25, 0.3) is 5.91 Å². The SMILES string of the molecule is C.C[C@H]1OCC(=O)[C@]1(C)NC(=O)[C@H](CSCc1ccccc1)NC(=O)c1cccc2ccccc12. The lowest BCUT2D eigenvalue weighted by atomic mass is 9.93. The summed E-state index contributed by atoms with van der Waals surface area (Å²) in [6, 6.07) is 22.3. The topological polar surface area (TPSA) is 84.5 Å². The van der Waals surface area contributed by atoms with Crippen LogP contribution in [0.15, 0.2) is 72.8 Å². The molecule has 35 heavy (non-hydrogen) atoms. The smallest absolute Gasteiger partial charge is 0.252 e. The van der Waals surface area contributed by atoms with Gasteiger partial charge in [0, 0.05) is 17.1 Å². The van der Waals surface area contributed by atoms with Gasteiger partial charge in [-0.1, -0.05) is 74.2 Å². The van der Waals surface area contributed by atoms with Crippen LogP contribution in [0.25, 0.3) is 10.8 Å². The third kappa shape index (κ3) is 5.92. The van der Waals surface area contributed by atoms with Crippen LogP contribution < -0.4 is 10.6 Å². The van der Waals surface area contributed by atoms with Crippen molar-refractivity contribution in [2.24, 2.45) is 0 Å². The highest BCUT2D eigenvalue weighted by Crippen LogP contribution is 2.23. The number of ketones is 1. The van der Waals surface area contributed by atoms with Crippen LogP contribution in [0, 0.1) is 0 Å². The largest absolute Gasteiger partial charge is 0.368 e. The van der Waals surface area contributed by atoms with Gasteiger partial charge in [-0.05, 0) is 36.2 Å². The minimum atomic E-state index is -1.12. The molecule has 0 aliphatic carbocycles. The van der Waals surface area contributed by atoms with Crippen molar-refractivity contribution in [3.63, 3.8) is 0 Å². The number of hydrogen-bond acceptors (Lipinski definition) is 5. The molecular formula is C28H32N2O4S. The van der Waals surface area contributed by atoms with Crippen molar-refractivity contribution in [2.45, 2.75) is 44.7 Å². The van der Waals surface area contributed by atoms with Crippen molar-refractivity contribution < 1.29 is 19.1 Å². The molecule has 1 heterocycles. The van der Waals surface area contributed by atoms with Crippen LogP contribution in [0.1, 0.15) is 37.2 Å². The fourth-order valence-electron chi connectivity index (χ4n) is 3.97. The predicted octanol–water partition coefficient (Wildman–Crippen LogP) is 4.37. The Hall–Kier alpha value is -3.16. The lowest BCUT2D eigenvalue weighted by Gasteiger charge is -2.29. The summed E-state index contributed by atoms with van der Waals surface area (Å²) in [5.74, 6) is 0.150. The third-order valence-corrected chi connectivity index (χ3v) is 7.40. The Bertz CT molecular complexity index is 1190. The summed E-state index contributed by atoms with van der Waals surface area (Å²) in [7, 11) is 0. The first-order valence-electron chi connectivity index (χ1n) is 11.3. The van der Waals surface area contributed by atoms with Gasteiger partial charge in [0.1, 0.15) is 18.2 Å². The molecule has 3 atom stereocenters. The number of hydrogen-bond donors (Lipinski definition) is 2. The maximum Gasteiger partial charge on any atom is 0.252 e. The van der Waals surface area contributed by atoms with Crippen LogP contribution in [-0.2, 0) is 20.1 Å². The van der Waals surface area contributed by atoms with E-state index >= 15 is 0 Å². The molecular weight excluding hydrogens is 460 g/mol. The second-order valence-electron chi connectivity index (χ2n) is 8.62. The van der Waals surface area contributed by atoms with Crippen molar-refractivity contribution >= 4 is 40.1 Å². The highest BCUT2D eigenvalue weighted by Gasteiger charge is 2.47. The van der Waals surface area contributed by atoms with E-state index in [-0.39, 0.29) is 25.7 Å². The zero-order valence-corrected chi connectivity index (χ0v) is 20.1. The Labute approximate surface area is 210 Å². The number of benzene rings is 3. The summed E-state index contributed by atoms with van der Waals surface area (Å²) in [5.41, 5.74) is 0.514. The second-order valence-corrected chi connectivity index (χ2v) is 9.65. The van der Waals surface area contributed by atoms with Gasteiger partial charge in [0.05, 0.1) is 6.10 Å². The molecule has 0 unspecified atom stereocenters. The lowest BCUT2D eigenvalue weighted by Crippen LogP contribution is -2.60. The Balaban J connectivity index is 0.00000342. The fourth-order valence-corrected chi connectivity index (χ4v) is 4.99. The molecule has 1 aliphatic rings. The van der Waals surface area contributed by atoms with Crippen molar-refractivity contribution in [3.05, 3.63) is 83.9 Å². The van der Waals surface area contributed by atoms with Crippen LogP contribution in [-0.4, -0.2) is 47.6 Å². The molecule has 0 saturated carbocycles. The zero-order valence-electron chi connectivity index (χ0n) is 19.2. The molecule has 0 aromatic heterocycles. The van der Waals surface area contributed by atoms with E-state index in [1.807, 2.05) is 66.7 Å². The normalized spacial score (nSPS) is 20.2. The average Bonchev–Trinajstić information content (AvgIpc) is 3.10. The summed E-state index contributed by atoms with van der Waals surface area (Å²) < 4.78 is 5.44. The molecule has 184 valence electrons. The van der Waals surface area contributed by atoms with Crippen LogP contribution in [0.5, 0.6) is 0 Å². The minimum absolute atomic E-state index is 0. The molecule has 2 N–H and O–H groups in total. The minimum Gasteiger partial charge on any atom is -0.368 e. The highest BCUT2D eigenvalue weighted by molar-refractivity contribution is 7.98. The summed E-state index contributed by atoms with van der Waals surface area (Å²) in [5, 5.41) is 7.53. The van der Waals surface area contributed by atoms with Gasteiger partial charge in [-0.25, -0.2) is 0 Å². The van der Waals surface area contributed by atoms with Crippen molar-refractivity contribution in [3.8, 4) is 0 Å². The van der Waals surface area contributed by atoms with E-state index in [0.717, 1.165) is 16.3 Å². The van der Waals surface area contributed by atoms with Crippen molar-refractivity contribution in [1.82, 2.24) is 10.6 Å². The predicted molar refractivity (Wildman–Crippen MR) is 142 cm³/mol. The maximum atomic E-state index is 13.3. The van der Waals surface area contributed by atoms with Gasteiger partial charge in [0.2, 0.25) is 5.91 Å². The van der Waals surface area contributed by atoms with E-state index < -0.39 is 23.6 Å². The van der Waals surface area contributed by atoms with Gasteiger partial charge < -0.3 is 15.4 Å². The van der Waals surface area contributed by atoms with E-state index in [0.29, 0.717) is 17.1 Å². The van der Waals surface area contributed by atoms with Gasteiger partial charge in [-0.2, -0.15) is 11.8 Å². The van der Waals surface area contributed by atoms with Gasteiger partial charge in [-0.15, -0.1) is 0 Å². The molecule has 1 aliphatic heterocycles. The molecule has 0 spiro atoms. The number of fused-ring (bicyclic) bond motifs is 1. The molecule has 2 amide bonds. The van der Waals surface area contributed by atoms with Crippen molar-refractivity contribution in [1.29, 1.82) is 0 Å². The standard InChI is InChI=1S/C27H28N2O4S.CH4/c1-18-27(2,24(30)15-33-18)29-26(32)23(17-34-16-19-9-4-3-5-10-19)28-25(31)22-14-8-12-20-11-6-7-13-21(20)22;/h3-14,18,23H,15-17H2,1-2H3,(H,28,31)(H,29,32);1H4/t18-,23+,27-;/m1./s1. The summed E-state index contributed by atoms with van der Waals surface area (Å²) >= 11 is 1.55. The van der Waals surface area contributed by atoms with Crippen LogP contribution in [0.2, 0.25) is 0 Å². The van der Waals surface area contributed by atoms with Gasteiger partial charge in [-0.3, -0.25) is 14.4 Å². The number of carbonyl (C=O) groups excluding carboxylic acids is 3. The van der Waals surface area contributed by atoms with Crippen LogP contribution in [0.3, 0.4) is 0 Å². The summed E-state index contributed by atoms with van der Waals surface area (Å²) in [6.45, 7) is 3.40. The molecule has 1 fully saturated rings. The lowest BCUT2D eigenvalue weighted by molar-refractivity contribution is -0.130. The van der Waals surface area contributed by atoms with Crippen LogP contribution in [0.4, 0.5) is 0 Å².